The predicted molar refractivity (Wildman–Crippen MR) is 95.7 cm³/mol. The molecule has 1 atom stereocenters. The van der Waals surface area contributed by atoms with Crippen LogP contribution in [0.3, 0.4) is 0 Å². The molecule has 0 saturated heterocycles. The third-order valence-corrected chi connectivity index (χ3v) is 4.29. The lowest BCUT2D eigenvalue weighted by molar-refractivity contribution is 0.355. The number of hydrogen-bond donors (Lipinski definition) is 1. The van der Waals surface area contributed by atoms with E-state index in [1.807, 2.05) is 24.3 Å². The molecule has 3 aromatic rings. The van der Waals surface area contributed by atoms with Gasteiger partial charge in [-0.15, -0.1) is 0 Å². The Hall–Kier alpha value is -3.35. The van der Waals surface area contributed by atoms with E-state index in [9.17, 15) is 4.39 Å². The molecule has 7 heteroatoms. The fourth-order valence-corrected chi connectivity index (χ4v) is 2.99. The number of anilines is 1. The van der Waals surface area contributed by atoms with Gasteiger partial charge in [-0.05, 0) is 42.0 Å². The second-order valence-electron chi connectivity index (χ2n) is 5.79. The topological polar surface area (TPSA) is 61.2 Å². The molecule has 2 heterocycles. The van der Waals surface area contributed by atoms with E-state index in [0.717, 1.165) is 16.8 Å². The van der Waals surface area contributed by atoms with E-state index in [-0.39, 0.29) is 11.9 Å². The Balaban J connectivity index is 1.80. The Labute approximate surface area is 149 Å². The lowest BCUT2D eigenvalue weighted by Crippen LogP contribution is -2.20. The average Bonchev–Trinajstić information content (AvgIpc) is 3.16. The Morgan fingerprint density at radius 2 is 1.81 bits per heavy atom. The third-order valence-electron chi connectivity index (χ3n) is 4.29. The first-order chi connectivity index (χ1) is 12.7. The van der Waals surface area contributed by atoms with Crippen molar-refractivity contribution in [2.75, 3.05) is 19.5 Å². The smallest absolute Gasteiger partial charge is 0.226 e. The average molecular weight is 352 g/mol. The summed E-state index contributed by atoms with van der Waals surface area (Å²) >= 11 is 0. The molecule has 1 aliphatic heterocycles. The number of nitrogens with one attached hydrogen (secondary N) is 1. The highest BCUT2D eigenvalue weighted by Gasteiger charge is 2.23. The normalized spacial score (nSPS) is 15.7. The van der Waals surface area contributed by atoms with Crippen molar-refractivity contribution in [3.8, 4) is 11.5 Å². The summed E-state index contributed by atoms with van der Waals surface area (Å²) in [6, 6.07) is 11.9. The van der Waals surface area contributed by atoms with Crippen LogP contribution in [0.25, 0.3) is 5.70 Å². The maximum Gasteiger partial charge on any atom is 0.226 e. The van der Waals surface area contributed by atoms with Crippen molar-refractivity contribution in [2.45, 2.75) is 6.04 Å². The zero-order valence-electron chi connectivity index (χ0n) is 14.3. The van der Waals surface area contributed by atoms with E-state index in [0.29, 0.717) is 17.4 Å². The molecule has 4 rings (SSSR count). The van der Waals surface area contributed by atoms with Gasteiger partial charge in [0.05, 0.1) is 26.0 Å². The van der Waals surface area contributed by atoms with Gasteiger partial charge in [0, 0.05) is 5.56 Å². The zero-order chi connectivity index (χ0) is 18.1. The summed E-state index contributed by atoms with van der Waals surface area (Å²) in [5.74, 6) is 1.63. The van der Waals surface area contributed by atoms with Gasteiger partial charge >= 0.3 is 0 Å². The number of nitrogens with zero attached hydrogens (tertiary/aromatic N) is 3. The number of methoxy groups -OCH3 is 2. The van der Waals surface area contributed by atoms with E-state index in [1.54, 1.807) is 31.0 Å². The van der Waals surface area contributed by atoms with Crippen molar-refractivity contribution in [1.82, 2.24) is 14.8 Å². The maximum absolute atomic E-state index is 13.3. The molecule has 0 aliphatic carbocycles. The predicted octanol–water partition coefficient (Wildman–Crippen LogP) is 3.49. The Morgan fingerprint density at radius 3 is 2.54 bits per heavy atom. The highest BCUT2D eigenvalue weighted by molar-refractivity contribution is 5.73. The minimum atomic E-state index is -0.267. The van der Waals surface area contributed by atoms with Crippen LogP contribution in [0.1, 0.15) is 17.2 Å². The summed E-state index contributed by atoms with van der Waals surface area (Å²) in [6.45, 7) is 0. The molecular formula is C19H17FN4O2. The summed E-state index contributed by atoms with van der Waals surface area (Å²) < 4.78 is 25.7. The highest BCUT2D eigenvalue weighted by atomic mass is 19.1. The van der Waals surface area contributed by atoms with Gasteiger partial charge in [-0.2, -0.15) is 14.8 Å². The van der Waals surface area contributed by atoms with Crippen LogP contribution < -0.4 is 14.8 Å². The first kappa shape index (κ1) is 16.1. The molecule has 1 N–H and O–H groups in total. The van der Waals surface area contributed by atoms with Gasteiger partial charge in [0.1, 0.15) is 12.1 Å². The van der Waals surface area contributed by atoms with Crippen LogP contribution in [-0.4, -0.2) is 29.0 Å². The number of ether oxygens (including phenoxy) is 2. The van der Waals surface area contributed by atoms with Crippen molar-refractivity contribution in [2.24, 2.45) is 0 Å². The Morgan fingerprint density at radius 1 is 1.04 bits per heavy atom. The fraction of sp³-hybridized carbons (Fsp3) is 0.158. The molecule has 132 valence electrons. The molecule has 0 bridgehead atoms. The molecule has 1 aliphatic rings. The molecule has 0 saturated carbocycles. The third kappa shape index (κ3) is 2.77. The lowest BCUT2D eigenvalue weighted by Gasteiger charge is -2.24. The first-order valence-corrected chi connectivity index (χ1v) is 8.06. The molecule has 26 heavy (non-hydrogen) atoms. The van der Waals surface area contributed by atoms with Crippen molar-refractivity contribution in [3.05, 3.63) is 71.8 Å². The highest BCUT2D eigenvalue weighted by Crippen LogP contribution is 2.35. The number of fused-ring (bicyclic) bond motifs is 1. The maximum atomic E-state index is 13.3. The second kappa shape index (κ2) is 6.51. The standard InChI is InChI=1S/C19H17FN4O2/c1-25-17-8-5-13(9-18(17)26-2)16-10-15(12-3-6-14(20)7-4-12)23-19-21-11-22-24(16)19/h3-11,15H,1-2H3,(H,21,22,23). The van der Waals surface area contributed by atoms with E-state index in [4.69, 9.17) is 9.47 Å². The van der Waals surface area contributed by atoms with Crippen LogP contribution in [0.5, 0.6) is 11.5 Å². The lowest BCUT2D eigenvalue weighted by atomic mass is 10.0. The van der Waals surface area contributed by atoms with Gasteiger partial charge in [-0.1, -0.05) is 12.1 Å². The number of rotatable bonds is 4. The molecule has 0 fully saturated rings. The Bertz CT molecular complexity index is 966. The van der Waals surface area contributed by atoms with Crippen LogP contribution >= 0.6 is 0 Å². The molecule has 0 radical (unpaired) electrons. The minimum Gasteiger partial charge on any atom is -0.493 e. The number of halogens is 1. The molecular weight excluding hydrogens is 335 g/mol. The SMILES string of the molecule is COc1ccc(C2=CC(c3ccc(F)cc3)Nc3ncnn32)cc1OC. The quantitative estimate of drug-likeness (QED) is 0.779. The summed E-state index contributed by atoms with van der Waals surface area (Å²) in [7, 11) is 3.20. The van der Waals surface area contributed by atoms with E-state index in [1.165, 1.54) is 18.5 Å². The molecule has 6 nitrogen and oxygen atoms in total. The van der Waals surface area contributed by atoms with Crippen LogP contribution in [-0.2, 0) is 0 Å². The number of aromatic nitrogens is 3. The summed E-state index contributed by atoms with van der Waals surface area (Å²) in [4.78, 5) is 4.27. The first-order valence-electron chi connectivity index (χ1n) is 8.06. The minimum absolute atomic E-state index is 0.157. The van der Waals surface area contributed by atoms with Crippen LogP contribution in [0.15, 0.2) is 54.9 Å². The van der Waals surface area contributed by atoms with E-state index in [2.05, 4.69) is 15.4 Å². The monoisotopic (exact) mass is 352 g/mol. The number of benzene rings is 2. The zero-order valence-corrected chi connectivity index (χ0v) is 14.3. The van der Waals surface area contributed by atoms with E-state index >= 15 is 0 Å². The fourth-order valence-electron chi connectivity index (χ4n) is 2.99. The van der Waals surface area contributed by atoms with Gasteiger partial charge in [-0.3, -0.25) is 0 Å². The van der Waals surface area contributed by atoms with Crippen molar-refractivity contribution in [3.63, 3.8) is 0 Å². The summed E-state index contributed by atoms with van der Waals surface area (Å²) in [6.07, 6.45) is 3.51. The van der Waals surface area contributed by atoms with Crippen LogP contribution in [0.4, 0.5) is 10.3 Å². The molecule has 0 amide bonds. The molecule has 1 aromatic heterocycles. The summed E-state index contributed by atoms with van der Waals surface area (Å²) in [5.41, 5.74) is 2.69. The van der Waals surface area contributed by atoms with Crippen molar-refractivity contribution in [1.29, 1.82) is 0 Å². The van der Waals surface area contributed by atoms with E-state index < -0.39 is 0 Å². The van der Waals surface area contributed by atoms with Crippen LogP contribution in [0, 0.1) is 5.82 Å². The summed E-state index contributed by atoms with van der Waals surface area (Å²) in [5, 5.41) is 7.60. The van der Waals surface area contributed by atoms with Gasteiger partial charge in [-0.25, -0.2) is 4.39 Å². The largest absolute Gasteiger partial charge is 0.493 e. The van der Waals surface area contributed by atoms with Crippen LogP contribution in [0.2, 0.25) is 0 Å². The molecule has 0 spiro atoms. The van der Waals surface area contributed by atoms with Gasteiger partial charge in [0.25, 0.3) is 0 Å². The second-order valence-corrected chi connectivity index (χ2v) is 5.79. The van der Waals surface area contributed by atoms with Gasteiger partial charge < -0.3 is 14.8 Å². The van der Waals surface area contributed by atoms with Gasteiger partial charge in [0.2, 0.25) is 5.95 Å². The molecule has 1 unspecified atom stereocenters. The molecule has 2 aromatic carbocycles. The Kier molecular flexibility index (Phi) is 4.04. The van der Waals surface area contributed by atoms with Crippen molar-refractivity contribution >= 4 is 11.6 Å². The van der Waals surface area contributed by atoms with Gasteiger partial charge in [0.15, 0.2) is 11.5 Å². The van der Waals surface area contributed by atoms with Crippen molar-refractivity contribution < 1.29 is 13.9 Å². The number of hydrogen-bond acceptors (Lipinski definition) is 5.